The fourth-order valence-corrected chi connectivity index (χ4v) is 4.08. The molecule has 0 unspecified atom stereocenters. The molecule has 2 aromatic rings. The summed E-state index contributed by atoms with van der Waals surface area (Å²) in [5.41, 5.74) is 0.539. The van der Waals surface area contributed by atoms with Gasteiger partial charge in [-0.15, -0.1) is 11.3 Å². The third-order valence-corrected chi connectivity index (χ3v) is 6.08. The van der Waals surface area contributed by atoms with E-state index in [1.165, 1.54) is 12.1 Å². The second-order valence-corrected chi connectivity index (χ2v) is 8.42. The summed E-state index contributed by atoms with van der Waals surface area (Å²) in [6.07, 6.45) is 2.68. The monoisotopic (exact) mass is 431 g/mol. The van der Waals surface area contributed by atoms with Crippen LogP contribution in [-0.2, 0) is 16.0 Å². The lowest BCUT2D eigenvalue weighted by molar-refractivity contribution is -0.384. The summed E-state index contributed by atoms with van der Waals surface area (Å²) in [7, 11) is 0. The van der Waals surface area contributed by atoms with Crippen molar-refractivity contribution in [3.05, 3.63) is 56.3 Å². The van der Waals surface area contributed by atoms with E-state index in [1.54, 1.807) is 17.4 Å². The first-order chi connectivity index (χ1) is 14.4. The predicted octanol–water partition coefficient (Wildman–Crippen LogP) is 3.41. The molecule has 1 aromatic heterocycles. The van der Waals surface area contributed by atoms with Crippen LogP contribution in [0.2, 0.25) is 0 Å². The SMILES string of the molecule is CC1CCN(c2ccc([N+](=O)[O-])cc2C(=O)OCC(=O)NCCc2cccs2)CC1. The Hall–Kier alpha value is -2.94. The number of non-ortho nitro benzene ring substituents is 1. The number of benzene rings is 1. The highest BCUT2D eigenvalue weighted by atomic mass is 32.1. The number of nitrogens with zero attached hydrogens (tertiary/aromatic N) is 2. The molecule has 1 aliphatic heterocycles. The Balaban J connectivity index is 1.62. The molecule has 3 rings (SSSR count). The van der Waals surface area contributed by atoms with Crippen molar-refractivity contribution in [3.63, 3.8) is 0 Å². The van der Waals surface area contributed by atoms with E-state index in [0.717, 1.165) is 30.8 Å². The maximum Gasteiger partial charge on any atom is 0.341 e. The van der Waals surface area contributed by atoms with Gasteiger partial charge in [0.2, 0.25) is 0 Å². The van der Waals surface area contributed by atoms with Gasteiger partial charge in [-0.2, -0.15) is 0 Å². The van der Waals surface area contributed by atoms with E-state index in [1.807, 2.05) is 22.4 Å². The smallest absolute Gasteiger partial charge is 0.341 e. The first kappa shape index (κ1) is 21.8. The van der Waals surface area contributed by atoms with Gasteiger partial charge in [0.15, 0.2) is 6.61 Å². The number of nitro benzene ring substituents is 1. The van der Waals surface area contributed by atoms with Crippen LogP contribution in [0.15, 0.2) is 35.7 Å². The summed E-state index contributed by atoms with van der Waals surface area (Å²) < 4.78 is 5.17. The number of nitro groups is 1. The van der Waals surface area contributed by atoms with Crippen molar-refractivity contribution in [2.45, 2.75) is 26.2 Å². The van der Waals surface area contributed by atoms with Crippen LogP contribution < -0.4 is 10.2 Å². The average Bonchev–Trinajstić information content (AvgIpc) is 3.25. The normalized spacial score (nSPS) is 14.4. The van der Waals surface area contributed by atoms with E-state index < -0.39 is 23.4 Å². The number of ether oxygens (including phenoxy) is 1. The molecule has 9 heteroatoms. The van der Waals surface area contributed by atoms with Crippen molar-refractivity contribution in [2.75, 3.05) is 31.1 Å². The van der Waals surface area contributed by atoms with Crippen LogP contribution in [0, 0.1) is 16.0 Å². The van der Waals surface area contributed by atoms with Crippen LogP contribution in [0.3, 0.4) is 0 Å². The molecule has 0 aliphatic carbocycles. The molecule has 1 aliphatic rings. The number of carbonyl (C=O) groups excluding carboxylic acids is 2. The summed E-state index contributed by atoms with van der Waals surface area (Å²) >= 11 is 1.61. The number of piperidine rings is 1. The minimum atomic E-state index is -0.735. The number of anilines is 1. The highest BCUT2D eigenvalue weighted by Gasteiger charge is 2.24. The number of hydrogen-bond acceptors (Lipinski definition) is 7. The fraction of sp³-hybridized carbons (Fsp3) is 0.429. The predicted molar refractivity (Wildman–Crippen MR) is 115 cm³/mol. The van der Waals surface area contributed by atoms with E-state index in [-0.39, 0.29) is 11.3 Å². The minimum Gasteiger partial charge on any atom is -0.452 e. The molecule has 2 heterocycles. The molecule has 160 valence electrons. The number of carbonyl (C=O) groups is 2. The molecule has 8 nitrogen and oxygen atoms in total. The van der Waals surface area contributed by atoms with Gasteiger partial charge >= 0.3 is 5.97 Å². The van der Waals surface area contributed by atoms with Crippen LogP contribution in [0.25, 0.3) is 0 Å². The van der Waals surface area contributed by atoms with E-state index in [0.29, 0.717) is 24.6 Å². The average molecular weight is 432 g/mol. The van der Waals surface area contributed by atoms with E-state index >= 15 is 0 Å². The van der Waals surface area contributed by atoms with Gasteiger partial charge in [0, 0.05) is 36.6 Å². The van der Waals surface area contributed by atoms with Crippen LogP contribution >= 0.6 is 11.3 Å². The minimum absolute atomic E-state index is 0.116. The van der Waals surface area contributed by atoms with Gasteiger partial charge in [-0.05, 0) is 42.7 Å². The number of hydrogen-bond donors (Lipinski definition) is 1. The molecule has 1 N–H and O–H groups in total. The number of amides is 1. The molecular weight excluding hydrogens is 406 g/mol. The molecule has 30 heavy (non-hydrogen) atoms. The topological polar surface area (TPSA) is 102 Å². The van der Waals surface area contributed by atoms with Crippen molar-refractivity contribution >= 4 is 34.6 Å². The van der Waals surface area contributed by atoms with Crippen molar-refractivity contribution in [2.24, 2.45) is 5.92 Å². The number of nitrogens with one attached hydrogen (secondary N) is 1. The van der Waals surface area contributed by atoms with Gasteiger partial charge < -0.3 is 15.0 Å². The Morgan fingerprint density at radius 3 is 2.73 bits per heavy atom. The van der Waals surface area contributed by atoms with Gasteiger partial charge in [0.25, 0.3) is 11.6 Å². The summed E-state index contributed by atoms with van der Waals surface area (Å²) in [6, 6.07) is 8.14. The van der Waals surface area contributed by atoms with E-state index in [4.69, 9.17) is 4.74 Å². The first-order valence-electron chi connectivity index (χ1n) is 9.93. The highest BCUT2D eigenvalue weighted by Crippen LogP contribution is 2.29. The Kier molecular flexibility index (Phi) is 7.40. The zero-order valence-corrected chi connectivity index (χ0v) is 17.7. The molecule has 0 saturated carbocycles. The van der Waals surface area contributed by atoms with Crippen LogP contribution in [0.5, 0.6) is 0 Å². The molecule has 0 spiro atoms. The van der Waals surface area contributed by atoms with Gasteiger partial charge in [-0.25, -0.2) is 4.79 Å². The molecule has 1 fully saturated rings. The Morgan fingerprint density at radius 1 is 1.30 bits per heavy atom. The summed E-state index contributed by atoms with van der Waals surface area (Å²) in [5.74, 6) is -0.535. The van der Waals surface area contributed by atoms with Crippen LogP contribution in [0.4, 0.5) is 11.4 Å². The maximum atomic E-state index is 12.7. The highest BCUT2D eigenvalue weighted by molar-refractivity contribution is 7.09. The fourth-order valence-electron chi connectivity index (χ4n) is 3.37. The van der Waals surface area contributed by atoms with E-state index in [9.17, 15) is 19.7 Å². The van der Waals surface area contributed by atoms with Gasteiger partial charge in [0.05, 0.1) is 16.2 Å². The lowest BCUT2D eigenvalue weighted by Gasteiger charge is -2.33. The molecule has 1 aromatic carbocycles. The number of rotatable bonds is 8. The number of thiophene rings is 1. The second-order valence-electron chi connectivity index (χ2n) is 7.38. The van der Waals surface area contributed by atoms with Crippen LogP contribution in [-0.4, -0.2) is 43.0 Å². The van der Waals surface area contributed by atoms with Gasteiger partial charge in [0.1, 0.15) is 0 Å². The Labute approximate surface area is 179 Å². The van der Waals surface area contributed by atoms with Crippen molar-refractivity contribution in [1.82, 2.24) is 5.32 Å². The zero-order chi connectivity index (χ0) is 21.5. The van der Waals surface area contributed by atoms with Gasteiger partial charge in [-0.1, -0.05) is 13.0 Å². The van der Waals surface area contributed by atoms with Crippen molar-refractivity contribution in [3.8, 4) is 0 Å². The standard InChI is InChI=1S/C21H25N3O5S/c1-15-7-10-23(11-8-15)19-5-4-16(24(27)28)13-18(19)21(26)29-14-20(25)22-9-6-17-3-2-12-30-17/h2-5,12-13,15H,6-11,14H2,1H3,(H,22,25). The van der Waals surface area contributed by atoms with E-state index in [2.05, 4.69) is 12.2 Å². The third-order valence-electron chi connectivity index (χ3n) is 5.14. The quantitative estimate of drug-likeness (QED) is 0.390. The molecular formula is C21H25N3O5S. The maximum absolute atomic E-state index is 12.7. The zero-order valence-electron chi connectivity index (χ0n) is 16.8. The van der Waals surface area contributed by atoms with Crippen LogP contribution in [0.1, 0.15) is 35.0 Å². The van der Waals surface area contributed by atoms with Gasteiger partial charge in [-0.3, -0.25) is 14.9 Å². The molecule has 1 amide bonds. The van der Waals surface area contributed by atoms with Crippen molar-refractivity contribution in [1.29, 1.82) is 0 Å². The molecule has 0 atom stereocenters. The lowest BCUT2D eigenvalue weighted by atomic mass is 9.98. The first-order valence-corrected chi connectivity index (χ1v) is 10.8. The molecule has 0 radical (unpaired) electrons. The Morgan fingerprint density at radius 2 is 2.07 bits per heavy atom. The third kappa shape index (κ3) is 5.79. The molecule has 1 saturated heterocycles. The summed E-state index contributed by atoms with van der Waals surface area (Å²) in [6.45, 7) is 3.73. The summed E-state index contributed by atoms with van der Waals surface area (Å²) in [4.78, 5) is 38.5. The number of esters is 1. The van der Waals surface area contributed by atoms with Crippen molar-refractivity contribution < 1.29 is 19.2 Å². The second kappa shape index (κ2) is 10.2. The lowest BCUT2D eigenvalue weighted by Crippen LogP contribution is -2.34. The Bertz CT molecular complexity index is 892. The largest absolute Gasteiger partial charge is 0.452 e. The summed E-state index contributed by atoms with van der Waals surface area (Å²) in [5, 5.41) is 15.8. The molecule has 0 bridgehead atoms.